The molecule has 3 amide bonds. The molecule has 0 radical (unpaired) electrons. The van der Waals surface area contributed by atoms with Gasteiger partial charge < -0.3 is 16.0 Å². The number of carbonyl (C=O) groups excluding carboxylic acids is 2. The Labute approximate surface area is 135 Å². The molecule has 24 heavy (non-hydrogen) atoms. The van der Waals surface area contributed by atoms with Crippen LogP contribution >= 0.6 is 0 Å². The number of nitrogens with two attached hydrogens (primary N) is 1. The fourth-order valence-electron chi connectivity index (χ4n) is 2.70. The number of hydrogen-bond donors (Lipinski definition) is 2. The SMILES string of the molecule is NC(=O)N1CCC[C@H](C(=O)NCc2cc(F)ccc2C(F)(F)F)C1. The van der Waals surface area contributed by atoms with Crippen molar-refractivity contribution in [3.8, 4) is 0 Å². The van der Waals surface area contributed by atoms with Gasteiger partial charge >= 0.3 is 12.2 Å². The molecule has 0 aromatic heterocycles. The first-order chi connectivity index (χ1) is 11.2. The molecule has 1 heterocycles. The van der Waals surface area contributed by atoms with Gasteiger partial charge in [0.15, 0.2) is 0 Å². The summed E-state index contributed by atoms with van der Waals surface area (Å²) < 4.78 is 51.9. The minimum atomic E-state index is -4.64. The Kier molecular flexibility index (Phi) is 5.30. The van der Waals surface area contributed by atoms with Gasteiger partial charge in [0.2, 0.25) is 5.91 Å². The van der Waals surface area contributed by atoms with Crippen LogP contribution in [0.4, 0.5) is 22.4 Å². The molecule has 0 spiro atoms. The molecule has 0 unspecified atom stereocenters. The normalized spacial score (nSPS) is 18.3. The van der Waals surface area contributed by atoms with Crippen LogP contribution in [0.25, 0.3) is 0 Å². The fraction of sp³-hybridized carbons (Fsp3) is 0.467. The number of hydrogen-bond acceptors (Lipinski definition) is 2. The Morgan fingerprint density at radius 3 is 2.67 bits per heavy atom. The van der Waals surface area contributed by atoms with E-state index in [9.17, 15) is 27.2 Å². The molecule has 132 valence electrons. The molecule has 1 atom stereocenters. The molecular formula is C15H17F4N3O2. The second kappa shape index (κ2) is 7.06. The molecular weight excluding hydrogens is 330 g/mol. The van der Waals surface area contributed by atoms with Crippen molar-refractivity contribution in [3.05, 3.63) is 35.1 Å². The van der Waals surface area contributed by atoms with Crippen LogP contribution in [0.5, 0.6) is 0 Å². The predicted octanol–water partition coefficient (Wildman–Crippen LogP) is 2.25. The molecule has 1 fully saturated rings. The first-order valence-corrected chi connectivity index (χ1v) is 7.36. The molecule has 0 aliphatic carbocycles. The van der Waals surface area contributed by atoms with Crippen molar-refractivity contribution in [2.75, 3.05) is 13.1 Å². The van der Waals surface area contributed by atoms with Crippen molar-refractivity contribution >= 4 is 11.9 Å². The number of carbonyl (C=O) groups is 2. The zero-order valence-corrected chi connectivity index (χ0v) is 12.7. The maximum Gasteiger partial charge on any atom is 0.416 e. The van der Waals surface area contributed by atoms with Crippen molar-refractivity contribution in [2.45, 2.75) is 25.6 Å². The third-order valence-electron chi connectivity index (χ3n) is 3.93. The number of amides is 3. The van der Waals surface area contributed by atoms with E-state index in [4.69, 9.17) is 5.73 Å². The van der Waals surface area contributed by atoms with Gasteiger partial charge in [0.25, 0.3) is 0 Å². The molecule has 1 saturated heterocycles. The number of benzene rings is 1. The average Bonchev–Trinajstić information content (AvgIpc) is 2.51. The van der Waals surface area contributed by atoms with E-state index in [2.05, 4.69) is 5.32 Å². The molecule has 1 aliphatic heterocycles. The zero-order chi connectivity index (χ0) is 17.9. The maximum absolute atomic E-state index is 13.2. The first-order valence-electron chi connectivity index (χ1n) is 7.36. The van der Waals surface area contributed by atoms with Crippen molar-refractivity contribution in [3.63, 3.8) is 0 Å². The lowest BCUT2D eigenvalue weighted by Crippen LogP contribution is -2.47. The molecule has 0 saturated carbocycles. The standard InChI is InChI=1S/C15H17F4N3O2/c16-11-3-4-12(15(17,18)19)10(6-11)7-21-13(23)9-2-1-5-22(8-9)14(20)24/h3-4,6,9H,1-2,5,7-8H2,(H2,20,24)(H,21,23)/t9-/m0/s1. The summed E-state index contributed by atoms with van der Waals surface area (Å²) >= 11 is 0. The minimum Gasteiger partial charge on any atom is -0.352 e. The van der Waals surface area contributed by atoms with Crippen LogP contribution in [-0.2, 0) is 17.5 Å². The molecule has 1 aliphatic rings. The van der Waals surface area contributed by atoms with Gasteiger partial charge in [0.05, 0.1) is 11.5 Å². The Morgan fingerprint density at radius 2 is 2.04 bits per heavy atom. The highest BCUT2D eigenvalue weighted by Gasteiger charge is 2.34. The molecule has 1 aromatic rings. The first kappa shape index (κ1) is 18.0. The summed E-state index contributed by atoms with van der Waals surface area (Å²) in [5.41, 5.74) is 3.82. The Bertz CT molecular complexity index is 634. The van der Waals surface area contributed by atoms with E-state index in [0.29, 0.717) is 25.5 Å². The molecule has 3 N–H and O–H groups in total. The molecule has 2 rings (SSSR count). The summed E-state index contributed by atoms with van der Waals surface area (Å²) in [6.45, 7) is 0.121. The van der Waals surface area contributed by atoms with E-state index < -0.39 is 42.0 Å². The van der Waals surface area contributed by atoms with Crippen LogP contribution in [0, 0.1) is 11.7 Å². The van der Waals surface area contributed by atoms with Gasteiger partial charge in [-0.3, -0.25) is 4.79 Å². The van der Waals surface area contributed by atoms with E-state index in [1.807, 2.05) is 0 Å². The number of likely N-dealkylation sites (tertiary alicyclic amines) is 1. The van der Waals surface area contributed by atoms with Crippen molar-refractivity contribution < 1.29 is 27.2 Å². The van der Waals surface area contributed by atoms with Crippen LogP contribution in [-0.4, -0.2) is 29.9 Å². The Hall–Kier alpha value is -2.32. The highest BCUT2D eigenvalue weighted by Crippen LogP contribution is 2.32. The smallest absolute Gasteiger partial charge is 0.352 e. The number of piperidine rings is 1. The number of nitrogens with one attached hydrogen (secondary N) is 1. The number of alkyl halides is 3. The lowest BCUT2D eigenvalue weighted by Gasteiger charge is -2.30. The van der Waals surface area contributed by atoms with Gasteiger partial charge in [-0.15, -0.1) is 0 Å². The number of nitrogens with zero attached hydrogens (tertiary/aromatic N) is 1. The van der Waals surface area contributed by atoms with Crippen LogP contribution in [0.3, 0.4) is 0 Å². The van der Waals surface area contributed by atoms with Crippen LogP contribution in [0.1, 0.15) is 24.0 Å². The largest absolute Gasteiger partial charge is 0.416 e. The second-order valence-corrected chi connectivity index (χ2v) is 5.64. The lowest BCUT2D eigenvalue weighted by atomic mass is 9.97. The number of rotatable bonds is 3. The highest BCUT2D eigenvalue weighted by atomic mass is 19.4. The van der Waals surface area contributed by atoms with Gasteiger partial charge in [0.1, 0.15) is 5.82 Å². The van der Waals surface area contributed by atoms with Crippen LogP contribution < -0.4 is 11.1 Å². The van der Waals surface area contributed by atoms with Crippen molar-refractivity contribution in [2.24, 2.45) is 11.7 Å². The second-order valence-electron chi connectivity index (χ2n) is 5.64. The topological polar surface area (TPSA) is 75.4 Å². The minimum absolute atomic E-state index is 0.121. The number of primary amides is 1. The van der Waals surface area contributed by atoms with Crippen LogP contribution in [0.15, 0.2) is 18.2 Å². The van der Waals surface area contributed by atoms with Gasteiger partial charge in [0, 0.05) is 19.6 Å². The summed E-state index contributed by atoms with van der Waals surface area (Å²) in [4.78, 5) is 24.6. The number of halogens is 4. The molecule has 0 bridgehead atoms. The maximum atomic E-state index is 13.2. The Morgan fingerprint density at radius 1 is 1.33 bits per heavy atom. The van der Waals surface area contributed by atoms with E-state index in [1.54, 1.807) is 0 Å². The monoisotopic (exact) mass is 347 g/mol. The summed E-state index contributed by atoms with van der Waals surface area (Å²) in [6, 6.07) is 1.48. The zero-order valence-electron chi connectivity index (χ0n) is 12.7. The van der Waals surface area contributed by atoms with E-state index in [1.165, 1.54) is 4.90 Å². The number of urea groups is 1. The third kappa shape index (κ3) is 4.36. The van der Waals surface area contributed by atoms with Crippen LogP contribution in [0.2, 0.25) is 0 Å². The van der Waals surface area contributed by atoms with Gasteiger partial charge in [-0.25, -0.2) is 9.18 Å². The summed E-state index contributed by atoms with van der Waals surface area (Å²) in [5.74, 6) is -1.85. The summed E-state index contributed by atoms with van der Waals surface area (Å²) in [6.07, 6.45) is -3.55. The lowest BCUT2D eigenvalue weighted by molar-refractivity contribution is -0.138. The van der Waals surface area contributed by atoms with Crippen molar-refractivity contribution in [1.82, 2.24) is 10.2 Å². The molecule has 1 aromatic carbocycles. The summed E-state index contributed by atoms with van der Waals surface area (Å²) in [5, 5.41) is 2.38. The van der Waals surface area contributed by atoms with Gasteiger partial charge in [-0.1, -0.05) is 0 Å². The predicted molar refractivity (Wildman–Crippen MR) is 77.1 cm³/mol. The van der Waals surface area contributed by atoms with E-state index >= 15 is 0 Å². The van der Waals surface area contributed by atoms with Crippen molar-refractivity contribution in [1.29, 1.82) is 0 Å². The highest BCUT2D eigenvalue weighted by molar-refractivity contribution is 5.80. The third-order valence-corrected chi connectivity index (χ3v) is 3.93. The fourth-order valence-corrected chi connectivity index (χ4v) is 2.70. The summed E-state index contributed by atoms with van der Waals surface area (Å²) in [7, 11) is 0. The van der Waals surface area contributed by atoms with Gasteiger partial charge in [-0.2, -0.15) is 13.2 Å². The Balaban J connectivity index is 2.04. The molecule has 5 nitrogen and oxygen atoms in total. The molecule has 9 heteroatoms. The van der Waals surface area contributed by atoms with E-state index in [-0.39, 0.29) is 12.1 Å². The van der Waals surface area contributed by atoms with Gasteiger partial charge in [-0.05, 0) is 36.6 Å². The average molecular weight is 347 g/mol. The van der Waals surface area contributed by atoms with E-state index in [0.717, 1.165) is 12.1 Å². The quantitative estimate of drug-likeness (QED) is 0.823.